The highest BCUT2D eigenvalue weighted by atomic mass is 16.5. The summed E-state index contributed by atoms with van der Waals surface area (Å²) in [6.45, 7) is 3.27. The van der Waals surface area contributed by atoms with Gasteiger partial charge in [0.2, 0.25) is 0 Å². The number of aldehydes is 1. The van der Waals surface area contributed by atoms with E-state index in [1.807, 2.05) is 6.92 Å². The molecule has 72 valence electrons. The van der Waals surface area contributed by atoms with E-state index < -0.39 is 0 Å². The van der Waals surface area contributed by atoms with Gasteiger partial charge in [0.25, 0.3) is 0 Å². The van der Waals surface area contributed by atoms with Crippen molar-refractivity contribution >= 4 is 6.29 Å². The van der Waals surface area contributed by atoms with Gasteiger partial charge in [0, 0.05) is 25.0 Å². The second-order valence-corrected chi connectivity index (χ2v) is 3.52. The topological polar surface area (TPSA) is 26.3 Å². The second-order valence-electron chi connectivity index (χ2n) is 3.52. The van der Waals surface area contributed by atoms with Gasteiger partial charge in [-0.25, -0.2) is 0 Å². The third kappa shape index (κ3) is 2.86. The van der Waals surface area contributed by atoms with Crippen LogP contribution in [-0.2, 0) is 9.53 Å². The van der Waals surface area contributed by atoms with Gasteiger partial charge in [0.1, 0.15) is 6.29 Å². The largest absolute Gasteiger partial charge is 0.381 e. The molecule has 1 saturated heterocycles. The van der Waals surface area contributed by atoms with Gasteiger partial charge in [-0.3, -0.25) is 0 Å². The Morgan fingerprint density at radius 2 is 2.15 bits per heavy atom. The average molecular weight is 180 g/mol. The smallest absolute Gasteiger partial charge is 0.126 e. The monoisotopic (exact) mass is 180 g/mol. The van der Waals surface area contributed by atoms with E-state index in [4.69, 9.17) is 4.74 Å². The summed E-state index contributed by atoms with van der Waals surface area (Å²) in [5, 5.41) is 0. The van der Waals surface area contributed by atoms with E-state index in [0.717, 1.165) is 45.2 Å². The molecule has 2 nitrogen and oxygen atoms in total. The molecule has 0 amide bonds. The zero-order valence-corrected chi connectivity index (χ0v) is 8.14. The molecule has 0 radical (unpaired) electrons. The summed E-state index contributed by atoms with van der Waals surface area (Å²) in [6.07, 6.45) is 4.55. The minimum Gasteiger partial charge on any atom is -0.381 e. The molecule has 0 unspecified atom stereocenters. The van der Waals surface area contributed by atoms with Crippen molar-refractivity contribution in [1.82, 2.24) is 0 Å². The Bertz CT molecular complexity index is 216. The lowest BCUT2D eigenvalue weighted by atomic mass is 9.78. The summed E-state index contributed by atoms with van der Waals surface area (Å²) in [6, 6.07) is 0. The molecule has 0 aromatic carbocycles. The summed E-state index contributed by atoms with van der Waals surface area (Å²) in [7, 11) is 0. The van der Waals surface area contributed by atoms with Crippen LogP contribution >= 0.6 is 0 Å². The molecule has 0 aromatic rings. The van der Waals surface area contributed by atoms with Crippen LogP contribution in [0.25, 0.3) is 0 Å². The zero-order valence-electron chi connectivity index (χ0n) is 8.14. The summed E-state index contributed by atoms with van der Waals surface area (Å²) in [5.74, 6) is 5.86. The van der Waals surface area contributed by atoms with Crippen LogP contribution in [0.4, 0.5) is 0 Å². The third-order valence-corrected chi connectivity index (χ3v) is 2.66. The molecule has 1 heterocycles. The predicted molar refractivity (Wildman–Crippen MR) is 51.2 cm³/mol. The standard InChI is InChI=1S/C11H16O2/c1-2-3-4-5-11(10-12)6-8-13-9-7-11/h10H,4-9H2,1H3. The van der Waals surface area contributed by atoms with Crippen molar-refractivity contribution in [3.8, 4) is 11.8 Å². The highest BCUT2D eigenvalue weighted by molar-refractivity contribution is 5.59. The summed E-state index contributed by atoms with van der Waals surface area (Å²) in [4.78, 5) is 11.0. The van der Waals surface area contributed by atoms with Gasteiger partial charge in [-0.1, -0.05) is 0 Å². The lowest BCUT2D eigenvalue weighted by Gasteiger charge is -2.31. The van der Waals surface area contributed by atoms with E-state index in [2.05, 4.69) is 11.8 Å². The third-order valence-electron chi connectivity index (χ3n) is 2.66. The van der Waals surface area contributed by atoms with Crippen LogP contribution < -0.4 is 0 Å². The molecule has 0 atom stereocenters. The fourth-order valence-corrected chi connectivity index (χ4v) is 1.64. The summed E-state index contributed by atoms with van der Waals surface area (Å²) < 4.78 is 5.24. The molecule has 1 fully saturated rings. The Kier molecular flexibility index (Phi) is 3.98. The van der Waals surface area contributed by atoms with Gasteiger partial charge < -0.3 is 9.53 Å². The number of carbonyl (C=O) groups excluding carboxylic acids is 1. The Morgan fingerprint density at radius 1 is 1.46 bits per heavy atom. The first kappa shape index (κ1) is 10.3. The zero-order chi connectivity index (χ0) is 9.57. The molecule has 1 rings (SSSR count). The molecule has 1 aliphatic rings. The van der Waals surface area contributed by atoms with Crippen molar-refractivity contribution in [2.75, 3.05) is 13.2 Å². The molecule has 0 saturated carbocycles. The maximum atomic E-state index is 11.0. The molecule has 13 heavy (non-hydrogen) atoms. The second kappa shape index (κ2) is 5.04. The quantitative estimate of drug-likeness (QED) is 0.489. The van der Waals surface area contributed by atoms with Crippen molar-refractivity contribution in [3.63, 3.8) is 0 Å². The van der Waals surface area contributed by atoms with E-state index in [0.29, 0.717) is 0 Å². The van der Waals surface area contributed by atoms with Gasteiger partial charge in [-0.2, -0.15) is 0 Å². The average Bonchev–Trinajstić information content (AvgIpc) is 2.20. The van der Waals surface area contributed by atoms with E-state index in [1.54, 1.807) is 0 Å². The SMILES string of the molecule is CC#CCCC1(C=O)CCOCC1. The van der Waals surface area contributed by atoms with E-state index in [-0.39, 0.29) is 5.41 Å². The Balaban J connectivity index is 2.45. The van der Waals surface area contributed by atoms with Crippen molar-refractivity contribution in [2.24, 2.45) is 5.41 Å². The van der Waals surface area contributed by atoms with Crippen LogP contribution in [0.3, 0.4) is 0 Å². The van der Waals surface area contributed by atoms with Crippen LogP contribution in [0, 0.1) is 17.3 Å². The first-order chi connectivity index (χ1) is 6.33. The fraction of sp³-hybridized carbons (Fsp3) is 0.727. The van der Waals surface area contributed by atoms with E-state index in [9.17, 15) is 4.79 Å². The van der Waals surface area contributed by atoms with Gasteiger partial charge in [0.15, 0.2) is 0 Å². The van der Waals surface area contributed by atoms with Crippen LogP contribution in [0.2, 0.25) is 0 Å². The first-order valence-electron chi connectivity index (χ1n) is 4.77. The lowest BCUT2D eigenvalue weighted by Crippen LogP contribution is -2.30. The molecule has 0 N–H and O–H groups in total. The fourth-order valence-electron chi connectivity index (χ4n) is 1.64. The molecule has 0 aromatic heterocycles. The molecular weight excluding hydrogens is 164 g/mol. The van der Waals surface area contributed by atoms with Gasteiger partial charge >= 0.3 is 0 Å². The van der Waals surface area contributed by atoms with Crippen LogP contribution in [-0.4, -0.2) is 19.5 Å². The van der Waals surface area contributed by atoms with Crippen LogP contribution in [0.15, 0.2) is 0 Å². The highest BCUT2D eigenvalue weighted by Crippen LogP contribution is 2.32. The molecule has 1 aliphatic heterocycles. The minimum atomic E-state index is -0.137. The van der Waals surface area contributed by atoms with Crippen LogP contribution in [0.1, 0.15) is 32.6 Å². The Morgan fingerprint density at radius 3 is 2.69 bits per heavy atom. The number of carbonyl (C=O) groups is 1. The van der Waals surface area contributed by atoms with Gasteiger partial charge in [0.05, 0.1) is 0 Å². The number of rotatable bonds is 3. The van der Waals surface area contributed by atoms with Crippen LogP contribution in [0.5, 0.6) is 0 Å². The molecule has 2 heteroatoms. The van der Waals surface area contributed by atoms with E-state index >= 15 is 0 Å². The number of hydrogen-bond acceptors (Lipinski definition) is 2. The Hall–Kier alpha value is -0.810. The van der Waals surface area contributed by atoms with E-state index in [1.165, 1.54) is 0 Å². The number of ether oxygens (including phenoxy) is 1. The highest BCUT2D eigenvalue weighted by Gasteiger charge is 2.31. The normalized spacial score (nSPS) is 20.1. The summed E-state index contributed by atoms with van der Waals surface area (Å²) >= 11 is 0. The molecule has 0 aliphatic carbocycles. The molecule has 0 bridgehead atoms. The Labute approximate surface area is 79.7 Å². The van der Waals surface area contributed by atoms with Crippen molar-refractivity contribution in [2.45, 2.75) is 32.6 Å². The maximum Gasteiger partial charge on any atom is 0.126 e. The van der Waals surface area contributed by atoms with Gasteiger partial charge in [-0.05, 0) is 26.2 Å². The lowest BCUT2D eigenvalue weighted by molar-refractivity contribution is -0.121. The predicted octanol–water partition coefficient (Wildman–Crippen LogP) is 1.79. The van der Waals surface area contributed by atoms with Gasteiger partial charge in [-0.15, -0.1) is 11.8 Å². The first-order valence-corrected chi connectivity index (χ1v) is 4.77. The summed E-state index contributed by atoms with van der Waals surface area (Å²) in [5.41, 5.74) is -0.137. The van der Waals surface area contributed by atoms with Crippen molar-refractivity contribution in [1.29, 1.82) is 0 Å². The molecular formula is C11H16O2. The number of hydrogen-bond donors (Lipinski definition) is 0. The van der Waals surface area contributed by atoms with Crippen molar-refractivity contribution in [3.05, 3.63) is 0 Å². The molecule has 0 spiro atoms. The van der Waals surface area contributed by atoms with Crippen molar-refractivity contribution < 1.29 is 9.53 Å². The minimum absolute atomic E-state index is 0.137. The maximum absolute atomic E-state index is 11.0.